The molecule has 22 heavy (non-hydrogen) atoms. The minimum absolute atomic E-state index is 0.0173. The lowest BCUT2D eigenvalue weighted by Gasteiger charge is -2.18. The van der Waals surface area contributed by atoms with E-state index in [4.69, 9.17) is 5.11 Å². The van der Waals surface area contributed by atoms with Crippen LogP contribution in [0.2, 0.25) is 0 Å². The summed E-state index contributed by atoms with van der Waals surface area (Å²) in [4.78, 5) is 16.4. The molecule has 0 unspecified atom stereocenters. The number of nitrogens with one attached hydrogen (secondary N) is 1. The van der Waals surface area contributed by atoms with E-state index in [-0.39, 0.29) is 25.1 Å². The fourth-order valence-electron chi connectivity index (χ4n) is 2.49. The smallest absolute Gasteiger partial charge is 0.220 e. The highest BCUT2D eigenvalue weighted by Gasteiger charge is 2.19. The van der Waals surface area contributed by atoms with Crippen molar-refractivity contribution in [3.63, 3.8) is 0 Å². The third kappa shape index (κ3) is 3.64. The molecule has 1 amide bonds. The molecule has 0 saturated heterocycles. The average Bonchev–Trinajstić information content (AvgIpc) is 2.86. The summed E-state index contributed by atoms with van der Waals surface area (Å²) in [6, 6.07) is 7.33. The number of carbonyl (C=O) groups is 1. The molecule has 2 aromatic rings. The van der Waals surface area contributed by atoms with Gasteiger partial charge in [-0.15, -0.1) is 0 Å². The van der Waals surface area contributed by atoms with Crippen molar-refractivity contribution in [3.8, 4) is 0 Å². The van der Waals surface area contributed by atoms with Gasteiger partial charge in [0.05, 0.1) is 36.3 Å². The Morgan fingerprint density at radius 1 is 1.41 bits per heavy atom. The largest absolute Gasteiger partial charge is 0.394 e. The Morgan fingerprint density at radius 3 is 2.82 bits per heavy atom. The lowest BCUT2D eigenvalue weighted by Crippen LogP contribution is -2.30. The molecule has 6 heteroatoms. The number of carbonyl (C=O) groups excluding carboxylic acids is 1. The predicted molar refractivity (Wildman–Crippen MR) is 84.3 cm³/mol. The summed E-state index contributed by atoms with van der Waals surface area (Å²) in [5, 5.41) is 21.8. The molecule has 0 fully saturated rings. The standard InChI is InChI=1S/C16H23N3O3/c1-3-6-15(22)17-11(2)16-18-13-7-4-5-8-14(13)19(16)9-12(21)10-20/h4-5,7-8,11-12,20-21H,3,6,9-10H2,1-2H3,(H,17,22)/t11-,12+/m0/s1. The van der Waals surface area contributed by atoms with Gasteiger partial charge in [0.25, 0.3) is 0 Å². The van der Waals surface area contributed by atoms with E-state index in [2.05, 4.69) is 10.3 Å². The van der Waals surface area contributed by atoms with Crippen LogP contribution in [0, 0.1) is 0 Å². The summed E-state index contributed by atoms with van der Waals surface area (Å²) in [6.45, 7) is 3.75. The predicted octanol–water partition coefficient (Wildman–Crippen LogP) is 1.37. The fraction of sp³-hybridized carbons (Fsp3) is 0.500. The molecule has 2 rings (SSSR count). The molecule has 0 saturated carbocycles. The zero-order chi connectivity index (χ0) is 16.1. The fourth-order valence-corrected chi connectivity index (χ4v) is 2.49. The quantitative estimate of drug-likeness (QED) is 0.721. The van der Waals surface area contributed by atoms with Gasteiger partial charge in [0, 0.05) is 6.42 Å². The minimum Gasteiger partial charge on any atom is -0.394 e. The number of hydrogen-bond acceptors (Lipinski definition) is 4. The van der Waals surface area contributed by atoms with Gasteiger partial charge in [0.15, 0.2) is 0 Å². The summed E-state index contributed by atoms with van der Waals surface area (Å²) in [5.41, 5.74) is 1.68. The maximum absolute atomic E-state index is 11.8. The minimum atomic E-state index is -0.866. The van der Waals surface area contributed by atoms with Crippen molar-refractivity contribution >= 4 is 16.9 Å². The van der Waals surface area contributed by atoms with Crippen molar-refractivity contribution in [2.24, 2.45) is 0 Å². The van der Waals surface area contributed by atoms with Gasteiger partial charge < -0.3 is 20.1 Å². The SMILES string of the molecule is CCCC(=O)N[C@@H](C)c1nc2ccccc2n1C[C@@H](O)CO. The molecule has 3 N–H and O–H groups in total. The van der Waals surface area contributed by atoms with Gasteiger partial charge in [-0.2, -0.15) is 0 Å². The number of benzene rings is 1. The first-order valence-electron chi connectivity index (χ1n) is 7.60. The maximum atomic E-state index is 11.8. The Bertz CT molecular complexity index is 639. The van der Waals surface area contributed by atoms with Crippen LogP contribution in [0.15, 0.2) is 24.3 Å². The van der Waals surface area contributed by atoms with Crippen LogP contribution in [0.5, 0.6) is 0 Å². The van der Waals surface area contributed by atoms with Crippen molar-refractivity contribution in [2.75, 3.05) is 6.61 Å². The topological polar surface area (TPSA) is 87.4 Å². The molecule has 0 radical (unpaired) electrons. The van der Waals surface area contributed by atoms with Crippen LogP contribution in [0.3, 0.4) is 0 Å². The number of fused-ring (bicyclic) bond motifs is 1. The molecule has 1 aromatic heterocycles. The van der Waals surface area contributed by atoms with Gasteiger partial charge in [-0.05, 0) is 25.5 Å². The zero-order valence-electron chi connectivity index (χ0n) is 13.0. The highest BCUT2D eigenvalue weighted by Crippen LogP contribution is 2.21. The van der Waals surface area contributed by atoms with Crippen molar-refractivity contribution in [3.05, 3.63) is 30.1 Å². The molecule has 2 atom stereocenters. The molecule has 1 aromatic carbocycles. The van der Waals surface area contributed by atoms with E-state index in [1.807, 2.05) is 42.7 Å². The van der Waals surface area contributed by atoms with E-state index in [1.54, 1.807) is 0 Å². The van der Waals surface area contributed by atoms with E-state index in [9.17, 15) is 9.90 Å². The normalized spacial score (nSPS) is 14.0. The molecule has 0 aliphatic heterocycles. The molecule has 1 heterocycles. The van der Waals surface area contributed by atoms with Gasteiger partial charge in [0.1, 0.15) is 5.82 Å². The van der Waals surface area contributed by atoms with Gasteiger partial charge in [-0.3, -0.25) is 4.79 Å². The molecule has 6 nitrogen and oxygen atoms in total. The van der Waals surface area contributed by atoms with Crippen LogP contribution < -0.4 is 5.32 Å². The lowest BCUT2D eigenvalue weighted by molar-refractivity contribution is -0.121. The Hall–Kier alpha value is -1.92. The van der Waals surface area contributed by atoms with Gasteiger partial charge in [-0.25, -0.2) is 4.98 Å². The number of amides is 1. The second-order valence-electron chi connectivity index (χ2n) is 5.44. The highest BCUT2D eigenvalue weighted by molar-refractivity contribution is 5.78. The third-order valence-corrected chi connectivity index (χ3v) is 3.53. The Balaban J connectivity index is 2.34. The molecule has 0 aliphatic carbocycles. The number of nitrogens with zero attached hydrogens (tertiary/aromatic N) is 2. The number of rotatable bonds is 7. The summed E-state index contributed by atoms with van der Waals surface area (Å²) in [5.74, 6) is 0.662. The highest BCUT2D eigenvalue weighted by atomic mass is 16.3. The van der Waals surface area contributed by atoms with Gasteiger partial charge in [-0.1, -0.05) is 19.1 Å². The Labute approximate surface area is 129 Å². The summed E-state index contributed by atoms with van der Waals surface area (Å²) in [7, 11) is 0. The number of para-hydroxylation sites is 2. The van der Waals surface area contributed by atoms with Crippen LogP contribution in [0.4, 0.5) is 0 Å². The van der Waals surface area contributed by atoms with Crippen molar-refractivity contribution in [1.29, 1.82) is 0 Å². The second kappa shape index (κ2) is 7.38. The van der Waals surface area contributed by atoms with Crippen LogP contribution in [0.1, 0.15) is 38.6 Å². The third-order valence-electron chi connectivity index (χ3n) is 3.53. The number of aliphatic hydroxyl groups excluding tert-OH is 2. The average molecular weight is 305 g/mol. The monoisotopic (exact) mass is 305 g/mol. The molecule has 0 spiro atoms. The first-order valence-corrected chi connectivity index (χ1v) is 7.60. The van der Waals surface area contributed by atoms with E-state index in [0.29, 0.717) is 12.2 Å². The van der Waals surface area contributed by atoms with Crippen molar-refractivity contribution < 1.29 is 15.0 Å². The van der Waals surface area contributed by atoms with Crippen LogP contribution >= 0.6 is 0 Å². The zero-order valence-corrected chi connectivity index (χ0v) is 13.0. The molecular weight excluding hydrogens is 282 g/mol. The van der Waals surface area contributed by atoms with Crippen LogP contribution in [-0.2, 0) is 11.3 Å². The van der Waals surface area contributed by atoms with Crippen LogP contribution in [-0.4, -0.2) is 38.4 Å². The first kappa shape index (κ1) is 16.5. The summed E-state index contributed by atoms with van der Waals surface area (Å²) in [6.07, 6.45) is 0.400. The Morgan fingerprint density at radius 2 is 2.14 bits per heavy atom. The van der Waals surface area contributed by atoms with E-state index in [0.717, 1.165) is 17.5 Å². The molecule has 0 aliphatic rings. The molecule has 120 valence electrons. The second-order valence-corrected chi connectivity index (χ2v) is 5.44. The molecule has 0 bridgehead atoms. The first-order chi connectivity index (χ1) is 10.6. The maximum Gasteiger partial charge on any atom is 0.220 e. The van der Waals surface area contributed by atoms with Gasteiger partial charge in [0.2, 0.25) is 5.91 Å². The van der Waals surface area contributed by atoms with Crippen molar-refractivity contribution in [2.45, 2.75) is 45.4 Å². The van der Waals surface area contributed by atoms with Crippen LogP contribution in [0.25, 0.3) is 11.0 Å². The van der Waals surface area contributed by atoms with E-state index < -0.39 is 6.10 Å². The number of imidazole rings is 1. The van der Waals surface area contributed by atoms with E-state index in [1.165, 1.54) is 0 Å². The number of hydrogen-bond donors (Lipinski definition) is 3. The number of aromatic nitrogens is 2. The summed E-state index contributed by atoms with van der Waals surface area (Å²) >= 11 is 0. The van der Waals surface area contributed by atoms with Crippen molar-refractivity contribution in [1.82, 2.24) is 14.9 Å². The Kier molecular flexibility index (Phi) is 5.51. The number of aliphatic hydroxyl groups is 2. The summed E-state index contributed by atoms with van der Waals surface area (Å²) < 4.78 is 1.85. The van der Waals surface area contributed by atoms with Gasteiger partial charge >= 0.3 is 0 Å². The lowest BCUT2D eigenvalue weighted by atomic mass is 10.2. The van der Waals surface area contributed by atoms with E-state index >= 15 is 0 Å². The molecular formula is C16H23N3O3.